The third kappa shape index (κ3) is 4.62. The van der Waals surface area contributed by atoms with Crippen molar-refractivity contribution in [2.24, 2.45) is 5.92 Å². The topological polar surface area (TPSA) is 105 Å². The predicted octanol–water partition coefficient (Wildman–Crippen LogP) is 4.25. The molecule has 0 unspecified atom stereocenters. The molecule has 2 aliphatic carbocycles. The summed E-state index contributed by atoms with van der Waals surface area (Å²) in [5, 5.41) is 14.6. The monoisotopic (exact) mass is 470 g/mol. The van der Waals surface area contributed by atoms with Gasteiger partial charge in [-0.25, -0.2) is 4.79 Å². The molecule has 0 aliphatic heterocycles. The fraction of sp³-hybridized carbons (Fsp3) is 0.250. The van der Waals surface area contributed by atoms with E-state index in [-0.39, 0.29) is 18.6 Å². The Bertz CT molecular complexity index is 1210. The number of carbonyl (C=O) groups is 3. The molecule has 0 spiro atoms. The number of nitrogens with one attached hydrogen (secondary N) is 2. The summed E-state index contributed by atoms with van der Waals surface area (Å²) in [7, 11) is 0. The van der Waals surface area contributed by atoms with Crippen molar-refractivity contribution < 1.29 is 24.2 Å². The first-order chi connectivity index (χ1) is 17.0. The van der Waals surface area contributed by atoms with Crippen LogP contribution in [0.5, 0.6) is 0 Å². The molecule has 5 rings (SSSR count). The second-order valence-electron chi connectivity index (χ2n) is 9.03. The summed E-state index contributed by atoms with van der Waals surface area (Å²) < 4.78 is 5.63. The zero-order chi connectivity index (χ0) is 24.4. The highest BCUT2D eigenvalue weighted by Crippen LogP contribution is 2.44. The molecule has 2 amide bonds. The van der Waals surface area contributed by atoms with Crippen LogP contribution in [-0.4, -0.2) is 35.7 Å². The van der Waals surface area contributed by atoms with E-state index >= 15 is 0 Å². The van der Waals surface area contributed by atoms with Gasteiger partial charge < -0.3 is 20.5 Å². The first-order valence-electron chi connectivity index (χ1n) is 11.7. The Morgan fingerprint density at radius 3 is 2.03 bits per heavy atom. The summed E-state index contributed by atoms with van der Waals surface area (Å²) in [5.41, 5.74) is 5.11. The number of amides is 2. The Balaban J connectivity index is 1.26. The van der Waals surface area contributed by atoms with Crippen molar-refractivity contribution in [3.8, 4) is 11.1 Å². The fourth-order valence-corrected chi connectivity index (χ4v) is 4.93. The summed E-state index contributed by atoms with van der Waals surface area (Å²) in [4.78, 5) is 36.9. The third-order valence-corrected chi connectivity index (χ3v) is 6.83. The lowest BCUT2D eigenvalue weighted by molar-refractivity contribution is -0.146. The number of alkyl carbamates (subject to hydrolysis) is 1. The molecule has 0 heterocycles. The number of ether oxygens (including phenoxy) is 1. The highest BCUT2D eigenvalue weighted by Gasteiger charge is 2.37. The van der Waals surface area contributed by atoms with Crippen molar-refractivity contribution in [1.82, 2.24) is 10.6 Å². The first-order valence-corrected chi connectivity index (χ1v) is 11.7. The lowest BCUT2D eigenvalue weighted by Crippen LogP contribution is -2.50. The number of rotatable bonds is 7. The van der Waals surface area contributed by atoms with Crippen molar-refractivity contribution in [3.05, 3.63) is 95.6 Å². The van der Waals surface area contributed by atoms with Crippen LogP contribution in [0.2, 0.25) is 0 Å². The number of carboxylic acid groups (broad SMARTS) is 1. The Labute approximate surface area is 203 Å². The Kier molecular flexibility index (Phi) is 6.23. The zero-order valence-electron chi connectivity index (χ0n) is 19.0. The maximum Gasteiger partial charge on any atom is 0.408 e. The van der Waals surface area contributed by atoms with Gasteiger partial charge in [0.1, 0.15) is 12.6 Å². The van der Waals surface area contributed by atoms with Gasteiger partial charge in [-0.2, -0.15) is 0 Å². The summed E-state index contributed by atoms with van der Waals surface area (Å²) in [6.07, 6.45) is 0.0778. The van der Waals surface area contributed by atoms with Crippen LogP contribution in [0.3, 0.4) is 0 Å². The maximum absolute atomic E-state index is 13.0. The van der Waals surface area contributed by atoms with Gasteiger partial charge in [0.25, 0.3) is 0 Å². The molecule has 3 aromatic rings. The second kappa shape index (κ2) is 9.62. The number of aliphatic carboxylic acids is 1. The molecule has 2 aliphatic rings. The van der Waals surface area contributed by atoms with Gasteiger partial charge >= 0.3 is 12.1 Å². The quantitative estimate of drug-likeness (QED) is 0.479. The zero-order valence-corrected chi connectivity index (χ0v) is 19.0. The molecular weight excluding hydrogens is 444 g/mol. The Hall–Kier alpha value is -4.13. The van der Waals surface area contributed by atoms with E-state index in [9.17, 15) is 14.4 Å². The Morgan fingerprint density at radius 1 is 0.857 bits per heavy atom. The molecule has 3 N–H and O–H groups in total. The SMILES string of the molecule is O=C(N[C@@H](C(=O)NC1CC(C(=O)O)C1)c1ccccc1)OCC1c2ccccc2-c2ccccc21. The molecular formula is C28H26N2O5. The minimum absolute atomic E-state index is 0.0833. The van der Waals surface area contributed by atoms with Crippen LogP contribution < -0.4 is 10.6 Å². The molecule has 35 heavy (non-hydrogen) atoms. The van der Waals surface area contributed by atoms with Gasteiger partial charge in [-0.1, -0.05) is 78.9 Å². The molecule has 1 atom stereocenters. The molecule has 0 saturated heterocycles. The first kappa shape index (κ1) is 22.7. The largest absolute Gasteiger partial charge is 0.481 e. The number of carbonyl (C=O) groups excluding carboxylic acids is 2. The van der Waals surface area contributed by atoms with Crippen molar-refractivity contribution in [2.45, 2.75) is 30.8 Å². The molecule has 1 fully saturated rings. The second-order valence-corrected chi connectivity index (χ2v) is 9.03. The van der Waals surface area contributed by atoms with E-state index in [1.54, 1.807) is 24.3 Å². The average Bonchev–Trinajstić information content (AvgIpc) is 3.17. The predicted molar refractivity (Wildman–Crippen MR) is 130 cm³/mol. The summed E-state index contributed by atoms with van der Waals surface area (Å²) in [6.45, 7) is 0.145. The van der Waals surface area contributed by atoms with E-state index in [0.717, 1.165) is 22.3 Å². The number of fused-ring (bicyclic) bond motifs is 3. The van der Waals surface area contributed by atoms with Gasteiger partial charge in [0, 0.05) is 12.0 Å². The normalized spacial score (nSPS) is 19.0. The average molecular weight is 471 g/mol. The van der Waals surface area contributed by atoms with Crippen LogP contribution in [0, 0.1) is 5.92 Å². The van der Waals surface area contributed by atoms with E-state index in [1.807, 2.05) is 42.5 Å². The van der Waals surface area contributed by atoms with Crippen LogP contribution in [0.1, 0.15) is 41.5 Å². The minimum atomic E-state index is -0.948. The molecule has 7 heteroatoms. The molecule has 0 bridgehead atoms. The van der Waals surface area contributed by atoms with Crippen LogP contribution >= 0.6 is 0 Å². The van der Waals surface area contributed by atoms with Crippen LogP contribution in [0.25, 0.3) is 11.1 Å². The van der Waals surface area contributed by atoms with Gasteiger partial charge in [-0.3, -0.25) is 9.59 Å². The van der Waals surface area contributed by atoms with Gasteiger partial charge in [0.15, 0.2) is 0 Å². The molecule has 7 nitrogen and oxygen atoms in total. The van der Waals surface area contributed by atoms with Crippen molar-refractivity contribution in [2.75, 3.05) is 6.61 Å². The van der Waals surface area contributed by atoms with E-state index < -0.39 is 29.9 Å². The number of hydrogen-bond acceptors (Lipinski definition) is 4. The summed E-state index contributed by atoms with van der Waals surface area (Å²) in [5.74, 6) is -1.77. The van der Waals surface area contributed by atoms with Crippen molar-refractivity contribution in [3.63, 3.8) is 0 Å². The van der Waals surface area contributed by atoms with Crippen LogP contribution in [0.4, 0.5) is 4.79 Å². The van der Waals surface area contributed by atoms with Crippen molar-refractivity contribution >= 4 is 18.0 Å². The molecule has 3 aromatic carbocycles. The number of benzene rings is 3. The van der Waals surface area contributed by atoms with Crippen LogP contribution in [0.15, 0.2) is 78.9 Å². The summed E-state index contributed by atoms with van der Waals surface area (Å²) >= 11 is 0. The van der Waals surface area contributed by atoms with Gasteiger partial charge in [0.2, 0.25) is 5.91 Å². The lowest BCUT2D eigenvalue weighted by atomic mass is 9.80. The highest BCUT2D eigenvalue weighted by molar-refractivity contribution is 5.87. The van der Waals surface area contributed by atoms with Gasteiger partial charge in [-0.15, -0.1) is 0 Å². The third-order valence-electron chi connectivity index (χ3n) is 6.83. The van der Waals surface area contributed by atoms with E-state index in [0.29, 0.717) is 18.4 Å². The van der Waals surface area contributed by atoms with Crippen LogP contribution in [-0.2, 0) is 14.3 Å². The highest BCUT2D eigenvalue weighted by atomic mass is 16.5. The van der Waals surface area contributed by atoms with Gasteiger partial charge in [-0.05, 0) is 40.7 Å². The molecule has 0 aromatic heterocycles. The van der Waals surface area contributed by atoms with Gasteiger partial charge in [0.05, 0.1) is 5.92 Å². The lowest BCUT2D eigenvalue weighted by Gasteiger charge is -2.34. The number of hydrogen-bond donors (Lipinski definition) is 3. The fourth-order valence-electron chi connectivity index (χ4n) is 4.93. The van der Waals surface area contributed by atoms with E-state index in [1.165, 1.54) is 0 Å². The maximum atomic E-state index is 13.0. The van der Waals surface area contributed by atoms with Crippen molar-refractivity contribution in [1.29, 1.82) is 0 Å². The molecule has 1 saturated carbocycles. The standard InChI is InChI=1S/C28H26N2O5/c31-26(29-19-14-18(15-19)27(32)33)25(17-8-2-1-3-9-17)30-28(34)35-16-24-22-12-6-4-10-20(22)21-11-5-7-13-23(21)24/h1-13,18-19,24-25H,14-16H2,(H,29,31)(H,30,34)(H,32,33)/t18?,19?,25-/m1/s1. The number of carboxylic acids is 1. The summed E-state index contributed by atoms with van der Waals surface area (Å²) in [6, 6.07) is 23.9. The smallest absolute Gasteiger partial charge is 0.408 e. The molecule has 178 valence electrons. The molecule has 0 radical (unpaired) electrons. The minimum Gasteiger partial charge on any atom is -0.481 e. The van der Waals surface area contributed by atoms with E-state index in [2.05, 4.69) is 22.8 Å². The Morgan fingerprint density at radius 2 is 1.43 bits per heavy atom. The van der Waals surface area contributed by atoms with E-state index in [4.69, 9.17) is 9.84 Å².